The molecule has 318 valence electrons. The molecular formula is C40H26Cl8N8O6. The zero-order valence-electron chi connectivity index (χ0n) is 31.5. The van der Waals surface area contributed by atoms with Crippen molar-refractivity contribution in [3.8, 4) is 0 Å². The van der Waals surface area contributed by atoms with Gasteiger partial charge in [-0.2, -0.15) is 20.5 Å². The van der Waals surface area contributed by atoms with E-state index in [9.17, 15) is 28.8 Å². The first kappa shape index (κ1) is 47.9. The highest BCUT2D eigenvalue weighted by Crippen LogP contribution is 2.35. The number of Topliss-reactive ketones (excluding diaryl/α,β-unsaturated/α-hetero) is 2. The smallest absolute Gasteiger partial charge is 0.258 e. The zero-order valence-corrected chi connectivity index (χ0v) is 37.5. The van der Waals surface area contributed by atoms with Crippen molar-refractivity contribution >= 4 is 162 Å². The molecule has 14 nitrogen and oxygen atoms in total. The number of rotatable bonds is 14. The molecule has 2 unspecified atom stereocenters. The number of nitrogens with one attached hydrogen (secondary N) is 4. The second-order valence-corrected chi connectivity index (χ2v) is 16.2. The normalized spacial score (nSPS) is 12.2. The van der Waals surface area contributed by atoms with E-state index < -0.39 is 47.3 Å². The van der Waals surface area contributed by atoms with Crippen LogP contribution in [0.5, 0.6) is 0 Å². The molecular weight excluding hydrogens is 972 g/mol. The molecule has 0 radical (unpaired) electrons. The molecule has 0 spiro atoms. The van der Waals surface area contributed by atoms with E-state index in [1.165, 1.54) is 84.9 Å². The summed E-state index contributed by atoms with van der Waals surface area (Å²) in [5.74, 6) is -4.51. The van der Waals surface area contributed by atoms with Crippen molar-refractivity contribution in [1.29, 1.82) is 0 Å². The molecule has 5 aromatic rings. The highest BCUT2D eigenvalue weighted by molar-refractivity contribution is 6.41. The Labute approximate surface area is 392 Å². The highest BCUT2D eigenvalue weighted by atomic mass is 35.5. The van der Waals surface area contributed by atoms with Gasteiger partial charge in [-0.15, -0.1) is 0 Å². The second-order valence-electron chi connectivity index (χ2n) is 12.8. The number of benzene rings is 5. The Hall–Kier alpha value is -5.16. The van der Waals surface area contributed by atoms with Crippen LogP contribution >= 0.6 is 92.8 Å². The van der Waals surface area contributed by atoms with E-state index in [2.05, 4.69) is 41.7 Å². The van der Waals surface area contributed by atoms with Crippen molar-refractivity contribution in [3.63, 3.8) is 0 Å². The molecule has 2 atom stereocenters. The lowest BCUT2D eigenvalue weighted by molar-refractivity contribution is -0.127. The number of azo groups is 2. The summed E-state index contributed by atoms with van der Waals surface area (Å²) in [6.07, 6.45) is 0. The van der Waals surface area contributed by atoms with Crippen molar-refractivity contribution in [2.45, 2.75) is 25.9 Å². The first-order valence-corrected chi connectivity index (χ1v) is 20.4. The van der Waals surface area contributed by atoms with Crippen molar-refractivity contribution in [3.05, 3.63) is 136 Å². The van der Waals surface area contributed by atoms with Gasteiger partial charge >= 0.3 is 0 Å². The molecule has 62 heavy (non-hydrogen) atoms. The molecule has 0 saturated carbocycles. The molecule has 5 rings (SSSR count). The van der Waals surface area contributed by atoms with E-state index >= 15 is 0 Å². The molecule has 0 aliphatic heterocycles. The van der Waals surface area contributed by atoms with Crippen molar-refractivity contribution in [2.24, 2.45) is 20.5 Å². The van der Waals surface area contributed by atoms with E-state index in [0.717, 1.165) is 13.8 Å². The summed E-state index contributed by atoms with van der Waals surface area (Å²) in [6, 6.07) is 16.1. The third-order valence-electron chi connectivity index (χ3n) is 8.04. The molecule has 4 amide bonds. The molecule has 0 aromatic heterocycles. The quantitative estimate of drug-likeness (QED) is 0.0630. The van der Waals surface area contributed by atoms with Crippen LogP contribution in [-0.4, -0.2) is 47.3 Å². The monoisotopic (exact) mass is 994 g/mol. The molecule has 22 heteroatoms. The summed E-state index contributed by atoms with van der Waals surface area (Å²) >= 11 is 49.5. The van der Waals surface area contributed by atoms with Gasteiger partial charge in [-0.3, -0.25) is 28.8 Å². The fraction of sp³-hybridized carbons (Fsp3) is 0.100. The van der Waals surface area contributed by atoms with E-state index in [4.69, 9.17) is 92.8 Å². The lowest BCUT2D eigenvalue weighted by Gasteiger charge is -2.15. The summed E-state index contributed by atoms with van der Waals surface area (Å²) in [6.45, 7) is 2.20. The second kappa shape index (κ2) is 21.3. The van der Waals surface area contributed by atoms with Crippen LogP contribution in [0.25, 0.3) is 0 Å². The number of ketones is 2. The van der Waals surface area contributed by atoms with Crippen molar-refractivity contribution < 1.29 is 28.8 Å². The number of hydrogen-bond donors (Lipinski definition) is 4. The van der Waals surface area contributed by atoms with Gasteiger partial charge in [-0.1, -0.05) is 92.8 Å². The van der Waals surface area contributed by atoms with Crippen LogP contribution in [0.4, 0.5) is 34.1 Å². The average Bonchev–Trinajstić information content (AvgIpc) is 3.16. The van der Waals surface area contributed by atoms with Crippen molar-refractivity contribution in [1.82, 2.24) is 0 Å². The van der Waals surface area contributed by atoms with Crippen LogP contribution in [0.1, 0.15) is 34.6 Å². The first-order valence-electron chi connectivity index (χ1n) is 17.3. The molecule has 5 aromatic carbocycles. The van der Waals surface area contributed by atoms with Gasteiger partial charge in [0.1, 0.15) is 11.4 Å². The standard InChI is InChI=1S/C40H26Cl8N8O6/c1-17(57)34(55-53-32-7-19(3-5-28(32)45)37(59)49-25-11-21(41)9-22(42)12-25)39(61)51-27-15-30(47)36(31(48)16-27)52-40(62)35(18(2)58)56-54-33-8-20(4-6-29(33)46)38(60)50-26-13-23(43)10-24(44)14-26/h3-16,34-35H,1-2H3,(H,49,59)(H,50,60)(H,51,61)(H,52,62). The number of nitrogens with zero attached hydrogens (tertiary/aromatic N) is 4. The lowest BCUT2D eigenvalue weighted by atomic mass is 10.1. The Morgan fingerprint density at radius 3 is 1.16 bits per heavy atom. The minimum atomic E-state index is -1.73. The van der Waals surface area contributed by atoms with E-state index in [1.807, 2.05) is 0 Å². The third kappa shape index (κ3) is 12.9. The van der Waals surface area contributed by atoms with Gasteiger partial charge in [-0.05, 0) is 98.8 Å². The summed E-state index contributed by atoms with van der Waals surface area (Å²) in [4.78, 5) is 77.5. The summed E-state index contributed by atoms with van der Waals surface area (Å²) in [7, 11) is 0. The van der Waals surface area contributed by atoms with Gasteiger partial charge in [0.2, 0.25) is 12.1 Å². The maximum atomic E-state index is 13.3. The van der Waals surface area contributed by atoms with Crippen LogP contribution in [0.15, 0.2) is 105 Å². The molecule has 0 heterocycles. The Balaban J connectivity index is 1.27. The van der Waals surface area contributed by atoms with Crippen molar-refractivity contribution in [2.75, 3.05) is 21.3 Å². The van der Waals surface area contributed by atoms with Gasteiger partial charge in [0.15, 0.2) is 11.6 Å². The maximum absolute atomic E-state index is 13.3. The molecule has 0 aliphatic carbocycles. The predicted octanol–water partition coefficient (Wildman–Crippen LogP) is 12.8. The Bertz CT molecular complexity index is 2650. The summed E-state index contributed by atoms with van der Waals surface area (Å²) in [5.41, 5.74) is 0.621. The molecule has 0 fully saturated rings. The van der Waals surface area contributed by atoms with Crippen LogP contribution in [0, 0.1) is 0 Å². The Morgan fingerprint density at radius 1 is 0.435 bits per heavy atom. The largest absolute Gasteiger partial charge is 0.324 e. The maximum Gasteiger partial charge on any atom is 0.258 e. The predicted molar refractivity (Wildman–Crippen MR) is 243 cm³/mol. The summed E-state index contributed by atoms with van der Waals surface area (Å²) in [5, 5.41) is 26.8. The topological polar surface area (TPSA) is 200 Å². The average molecular weight is 998 g/mol. The van der Waals surface area contributed by atoms with Crippen LogP contribution in [0.2, 0.25) is 40.2 Å². The minimum Gasteiger partial charge on any atom is -0.324 e. The van der Waals surface area contributed by atoms with Crippen LogP contribution in [-0.2, 0) is 19.2 Å². The van der Waals surface area contributed by atoms with E-state index in [0.29, 0.717) is 31.5 Å². The number of carbonyl (C=O) groups excluding carboxylic acids is 6. The van der Waals surface area contributed by atoms with Gasteiger partial charge < -0.3 is 21.3 Å². The fourth-order valence-corrected chi connectivity index (χ4v) is 7.11. The molecule has 4 N–H and O–H groups in total. The van der Waals surface area contributed by atoms with Gasteiger partial charge in [-0.25, -0.2) is 0 Å². The first-order chi connectivity index (χ1) is 29.3. The minimum absolute atomic E-state index is 0.0120. The van der Waals surface area contributed by atoms with Crippen LogP contribution < -0.4 is 21.3 Å². The fourth-order valence-electron chi connectivity index (χ4n) is 5.16. The van der Waals surface area contributed by atoms with Crippen LogP contribution in [0.3, 0.4) is 0 Å². The molecule has 0 aliphatic rings. The molecule has 0 bridgehead atoms. The Kier molecular flexibility index (Phi) is 16.4. The lowest BCUT2D eigenvalue weighted by Crippen LogP contribution is -2.32. The third-order valence-corrected chi connectivity index (χ3v) is 10.2. The number of hydrogen-bond acceptors (Lipinski definition) is 10. The number of halogens is 8. The highest BCUT2D eigenvalue weighted by Gasteiger charge is 2.27. The number of carbonyl (C=O) groups is 6. The van der Waals surface area contributed by atoms with Gasteiger partial charge in [0, 0.05) is 48.3 Å². The Morgan fingerprint density at radius 2 is 0.790 bits per heavy atom. The number of amides is 4. The SMILES string of the molecule is CC(=O)C(N=Nc1cc(C(=O)Nc2cc(Cl)cc(Cl)c2)ccc1Cl)C(=O)Nc1cc(Cl)c(NC(=O)C(N=Nc2cc(C(=O)Nc3cc(Cl)cc(Cl)c3)ccc2Cl)C(C)=O)c(Cl)c1. The molecule has 0 saturated heterocycles. The zero-order chi connectivity index (χ0) is 45.4. The van der Waals surface area contributed by atoms with Gasteiger partial charge in [0.25, 0.3) is 23.6 Å². The van der Waals surface area contributed by atoms with E-state index in [1.54, 1.807) is 0 Å². The van der Waals surface area contributed by atoms with E-state index in [-0.39, 0.29) is 54.0 Å². The summed E-state index contributed by atoms with van der Waals surface area (Å²) < 4.78 is 0. The number of anilines is 4. The van der Waals surface area contributed by atoms with Gasteiger partial charge in [0.05, 0.1) is 25.8 Å².